The van der Waals surface area contributed by atoms with Crippen molar-refractivity contribution >= 4 is 34.8 Å². The lowest BCUT2D eigenvalue weighted by Crippen LogP contribution is -2.51. The number of alkyl halides is 3. The molecule has 2 aromatic rings. The van der Waals surface area contributed by atoms with Gasteiger partial charge in [0, 0.05) is 36.9 Å². The van der Waals surface area contributed by atoms with Gasteiger partial charge < -0.3 is 15.1 Å². The van der Waals surface area contributed by atoms with E-state index in [0.717, 1.165) is 11.8 Å². The van der Waals surface area contributed by atoms with E-state index in [1.807, 2.05) is 10.2 Å². The van der Waals surface area contributed by atoms with Crippen LogP contribution < -0.4 is 10.2 Å². The number of halogens is 5. The van der Waals surface area contributed by atoms with Gasteiger partial charge in [0.05, 0.1) is 11.3 Å². The number of amides is 2. The number of hydrogen-bond acceptors (Lipinski definition) is 3. The van der Waals surface area contributed by atoms with E-state index in [9.17, 15) is 27.2 Å². The summed E-state index contributed by atoms with van der Waals surface area (Å²) in [5.41, 5.74) is -0.892. The number of hydrogen-bond donors (Lipinski definition) is 1. The maximum Gasteiger partial charge on any atom is 0.418 e. The highest BCUT2D eigenvalue weighted by Gasteiger charge is 2.35. The van der Waals surface area contributed by atoms with Gasteiger partial charge in [-0.25, -0.2) is 4.39 Å². The van der Waals surface area contributed by atoms with Gasteiger partial charge in [0.25, 0.3) is 0 Å². The summed E-state index contributed by atoms with van der Waals surface area (Å²) in [6.07, 6.45) is -4.74. The van der Waals surface area contributed by atoms with Crippen molar-refractivity contribution in [2.75, 3.05) is 36.4 Å². The zero-order valence-corrected chi connectivity index (χ0v) is 15.7. The molecule has 1 N–H and O–H groups in total. The number of piperazine rings is 1. The fourth-order valence-electron chi connectivity index (χ4n) is 3.00. The molecular weight excluding hydrogens is 414 g/mol. The second kappa shape index (κ2) is 8.28. The van der Waals surface area contributed by atoms with Crippen LogP contribution in [0.5, 0.6) is 0 Å². The van der Waals surface area contributed by atoms with Gasteiger partial charge in [-0.15, -0.1) is 0 Å². The van der Waals surface area contributed by atoms with E-state index in [2.05, 4.69) is 0 Å². The Labute approximate surface area is 168 Å². The van der Waals surface area contributed by atoms with Gasteiger partial charge in [-0.05, 0) is 42.5 Å². The van der Waals surface area contributed by atoms with Crippen molar-refractivity contribution in [3.8, 4) is 0 Å². The Bertz CT molecular complexity index is 911. The standard InChI is InChI=1S/C19H16ClF4N3O2/c20-12-1-6-16(15(11-12)19(22,23)24)25-17(28)18(29)27-9-7-26(8-10-27)14-4-2-13(21)3-5-14/h1-6,11H,7-10H2,(H,25,28). The van der Waals surface area contributed by atoms with E-state index < -0.39 is 29.2 Å². The van der Waals surface area contributed by atoms with Crippen LogP contribution in [-0.2, 0) is 15.8 Å². The Kier molecular flexibility index (Phi) is 5.97. The minimum atomic E-state index is -4.74. The lowest BCUT2D eigenvalue weighted by molar-refractivity contribution is -0.143. The van der Waals surface area contributed by atoms with Gasteiger partial charge in [0.1, 0.15) is 5.82 Å². The van der Waals surface area contributed by atoms with E-state index >= 15 is 0 Å². The van der Waals surface area contributed by atoms with Crippen molar-refractivity contribution in [2.24, 2.45) is 0 Å². The number of rotatable bonds is 2. The van der Waals surface area contributed by atoms with Gasteiger partial charge in [-0.2, -0.15) is 13.2 Å². The predicted octanol–water partition coefficient (Wildman–Crippen LogP) is 3.79. The minimum Gasteiger partial charge on any atom is -0.368 e. The summed E-state index contributed by atoms with van der Waals surface area (Å²) in [6.45, 7) is 1.21. The number of carbonyl (C=O) groups is 2. The maximum absolute atomic E-state index is 13.1. The normalized spacial score (nSPS) is 14.7. The van der Waals surface area contributed by atoms with Crippen LogP contribution in [0.2, 0.25) is 5.02 Å². The van der Waals surface area contributed by atoms with Crippen LogP contribution in [0.15, 0.2) is 42.5 Å². The molecule has 1 saturated heterocycles. The Morgan fingerprint density at radius 3 is 2.17 bits per heavy atom. The zero-order valence-electron chi connectivity index (χ0n) is 15.0. The first-order valence-corrected chi connectivity index (χ1v) is 9.00. The topological polar surface area (TPSA) is 52.7 Å². The first-order valence-electron chi connectivity index (χ1n) is 8.62. The third-order valence-corrected chi connectivity index (χ3v) is 4.72. The molecule has 1 fully saturated rings. The summed E-state index contributed by atoms with van der Waals surface area (Å²) in [4.78, 5) is 27.7. The molecule has 0 bridgehead atoms. The number of carbonyl (C=O) groups excluding carboxylic acids is 2. The third-order valence-electron chi connectivity index (χ3n) is 4.49. The molecule has 0 atom stereocenters. The summed E-state index contributed by atoms with van der Waals surface area (Å²) in [6, 6.07) is 8.75. The number of anilines is 2. The van der Waals surface area contributed by atoms with Gasteiger partial charge >= 0.3 is 18.0 Å². The van der Waals surface area contributed by atoms with Crippen molar-refractivity contribution < 1.29 is 27.2 Å². The molecule has 2 amide bonds. The lowest BCUT2D eigenvalue weighted by Gasteiger charge is -2.35. The minimum absolute atomic E-state index is 0.140. The molecule has 0 spiro atoms. The van der Waals surface area contributed by atoms with Gasteiger partial charge in [-0.3, -0.25) is 9.59 Å². The molecule has 0 unspecified atom stereocenters. The highest BCUT2D eigenvalue weighted by molar-refractivity contribution is 6.39. The highest BCUT2D eigenvalue weighted by atomic mass is 35.5. The van der Waals surface area contributed by atoms with E-state index in [1.54, 1.807) is 12.1 Å². The summed E-state index contributed by atoms with van der Waals surface area (Å²) >= 11 is 5.60. The van der Waals surface area contributed by atoms with Crippen LogP contribution in [0.4, 0.5) is 28.9 Å². The Morgan fingerprint density at radius 1 is 0.966 bits per heavy atom. The second-order valence-electron chi connectivity index (χ2n) is 6.40. The van der Waals surface area contributed by atoms with Crippen molar-refractivity contribution in [3.05, 3.63) is 58.9 Å². The van der Waals surface area contributed by atoms with Gasteiger partial charge in [0.15, 0.2) is 0 Å². The molecule has 1 aliphatic heterocycles. The Hall–Kier alpha value is -2.81. The van der Waals surface area contributed by atoms with E-state index in [4.69, 9.17) is 11.6 Å². The fourth-order valence-corrected chi connectivity index (χ4v) is 3.17. The van der Waals surface area contributed by atoms with Crippen molar-refractivity contribution in [1.29, 1.82) is 0 Å². The first-order chi connectivity index (χ1) is 13.6. The fraction of sp³-hybridized carbons (Fsp3) is 0.263. The average Bonchev–Trinajstić information content (AvgIpc) is 2.68. The molecule has 3 rings (SSSR count). The van der Waals surface area contributed by atoms with Crippen molar-refractivity contribution in [3.63, 3.8) is 0 Å². The molecule has 1 heterocycles. The molecule has 0 aromatic heterocycles. The maximum atomic E-state index is 13.1. The highest BCUT2D eigenvalue weighted by Crippen LogP contribution is 2.36. The average molecular weight is 430 g/mol. The van der Waals surface area contributed by atoms with E-state index in [1.165, 1.54) is 23.1 Å². The van der Waals surface area contributed by atoms with Crippen LogP contribution in [0.3, 0.4) is 0 Å². The molecule has 0 radical (unpaired) electrons. The molecule has 5 nitrogen and oxygen atoms in total. The van der Waals surface area contributed by atoms with Gasteiger partial charge in [-0.1, -0.05) is 11.6 Å². The molecule has 0 saturated carbocycles. The lowest BCUT2D eigenvalue weighted by atomic mass is 10.1. The van der Waals surface area contributed by atoms with E-state index in [-0.39, 0.29) is 23.9 Å². The number of benzene rings is 2. The molecular formula is C19H16ClF4N3O2. The zero-order chi connectivity index (χ0) is 21.2. The molecule has 10 heteroatoms. The number of nitrogens with zero attached hydrogens (tertiary/aromatic N) is 2. The third kappa shape index (κ3) is 4.97. The van der Waals surface area contributed by atoms with Crippen LogP contribution in [0, 0.1) is 5.82 Å². The Morgan fingerprint density at radius 2 is 1.59 bits per heavy atom. The summed E-state index contributed by atoms with van der Waals surface area (Å²) in [5, 5.41) is 1.89. The summed E-state index contributed by atoms with van der Waals surface area (Å²) < 4.78 is 52.4. The van der Waals surface area contributed by atoms with Crippen LogP contribution in [-0.4, -0.2) is 42.9 Å². The Balaban J connectivity index is 1.63. The smallest absolute Gasteiger partial charge is 0.368 e. The number of nitrogens with one attached hydrogen (secondary N) is 1. The second-order valence-corrected chi connectivity index (χ2v) is 6.83. The van der Waals surface area contributed by atoms with Gasteiger partial charge in [0.2, 0.25) is 0 Å². The molecule has 1 aliphatic rings. The largest absolute Gasteiger partial charge is 0.418 e. The van der Waals surface area contributed by atoms with Crippen molar-refractivity contribution in [1.82, 2.24) is 4.90 Å². The molecule has 2 aromatic carbocycles. The SMILES string of the molecule is O=C(Nc1ccc(Cl)cc1C(F)(F)F)C(=O)N1CCN(c2ccc(F)cc2)CC1. The van der Waals surface area contributed by atoms with Crippen LogP contribution >= 0.6 is 11.6 Å². The first kappa shape index (κ1) is 20.9. The monoisotopic (exact) mass is 429 g/mol. The quantitative estimate of drug-likeness (QED) is 0.584. The van der Waals surface area contributed by atoms with Crippen molar-refractivity contribution in [2.45, 2.75) is 6.18 Å². The van der Waals surface area contributed by atoms with E-state index in [0.29, 0.717) is 19.2 Å². The predicted molar refractivity (Wildman–Crippen MR) is 100 cm³/mol. The molecule has 29 heavy (non-hydrogen) atoms. The van der Waals surface area contributed by atoms with Crippen LogP contribution in [0.25, 0.3) is 0 Å². The summed E-state index contributed by atoms with van der Waals surface area (Å²) in [5.74, 6) is -2.44. The molecule has 154 valence electrons. The molecule has 0 aliphatic carbocycles. The summed E-state index contributed by atoms with van der Waals surface area (Å²) in [7, 11) is 0. The van der Waals surface area contributed by atoms with Crippen LogP contribution in [0.1, 0.15) is 5.56 Å².